The number of rotatable bonds is 9. The summed E-state index contributed by atoms with van der Waals surface area (Å²) in [4.78, 5) is 16.2. The van der Waals surface area contributed by atoms with Gasteiger partial charge in [-0.2, -0.15) is 5.26 Å². The van der Waals surface area contributed by atoms with Crippen molar-refractivity contribution in [3.63, 3.8) is 0 Å². The van der Waals surface area contributed by atoms with Crippen molar-refractivity contribution in [3.8, 4) is 85.2 Å². The van der Waals surface area contributed by atoms with Crippen LogP contribution in [0.4, 0.5) is 0 Å². The zero-order chi connectivity index (χ0) is 59.4. The Morgan fingerprint density at radius 2 is 0.622 bits per heavy atom. The lowest BCUT2D eigenvalue weighted by atomic mass is 9.92. The fourth-order valence-corrected chi connectivity index (χ4v) is 14.0. The number of fused-ring (bicyclic) bond motifs is 12. The maximum absolute atomic E-state index is 10.0. The molecule has 0 aliphatic heterocycles. The normalized spacial score (nSPS) is 11.8. The van der Waals surface area contributed by atoms with Crippen molar-refractivity contribution >= 4 is 87.2 Å². The Labute approximate surface area is 516 Å². The number of nitriles is 1. The van der Waals surface area contributed by atoms with Crippen LogP contribution in [0.15, 0.2) is 303 Å². The number of para-hydroxylation sites is 6. The van der Waals surface area contributed by atoms with Crippen LogP contribution in [0.5, 0.6) is 0 Å². The first-order valence-electron chi connectivity index (χ1n) is 30.3. The van der Waals surface area contributed by atoms with Gasteiger partial charge in [-0.1, -0.05) is 188 Å². The minimum absolute atomic E-state index is 0.534. The van der Waals surface area contributed by atoms with Crippen LogP contribution in [0.25, 0.3) is 166 Å². The third-order valence-corrected chi connectivity index (χ3v) is 18.0. The molecule has 0 bridgehead atoms. The third kappa shape index (κ3) is 7.97. The first-order valence-corrected chi connectivity index (χ1v) is 30.3. The van der Waals surface area contributed by atoms with Gasteiger partial charge in [-0.15, -0.1) is 0 Å². The summed E-state index contributed by atoms with van der Waals surface area (Å²) in [6.45, 7) is 0. The summed E-state index contributed by atoms with van der Waals surface area (Å²) in [6, 6.07) is 110. The van der Waals surface area contributed by atoms with E-state index in [2.05, 4.69) is 267 Å². The van der Waals surface area contributed by atoms with Crippen molar-refractivity contribution in [2.45, 2.75) is 0 Å². The van der Waals surface area contributed by atoms with E-state index < -0.39 is 0 Å². The van der Waals surface area contributed by atoms with Gasteiger partial charge in [0.05, 0.1) is 61.5 Å². The standard InChI is InChI=1S/C82H50N8/c83-51-52-37-39-53(40-38-52)56-41-44-75(90-74-36-20-16-32-63(74)70-48-68-61-30-14-18-34-72(61)88(77(68)50-79(70)90)58-27-11-4-12-28-58)66(45-56)65-46-59(42-43-64(65)82-85-80(54-21-5-1-6-22-54)84-81(86-82)55-23-7-2-8-24-55)89-73-35-19-15-31-62(73)69-47-67-60-29-13-17-33-71(60)87(76(67)49-78(69)89)57-25-9-3-10-26-57/h1-50H. The Bertz CT molecular complexity index is 5890. The van der Waals surface area contributed by atoms with Crippen molar-refractivity contribution < 1.29 is 0 Å². The summed E-state index contributed by atoms with van der Waals surface area (Å²) in [5.41, 5.74) is 20.0. The molecule has 0 amide bonds. The molecule has 0 unspecified atom stereocenters. The molecule has 0 fully saturated rings. The van der Waals surface area contributed by atoms with Crippen LogP contribution in [0.2, 0.25) is 0 Å². The van der Waals surface area contributed by atoms with E-state index in [9.17, 15) is 5.26 Å². The van der Waals surface area contributed by atoms with Gasteiger partial charge >= 0.3 is 0 Å². The summed E-state index contributed by atoms with van der Waals surface area (Å²) < 4.78 is 9.70. The summed E-state index contributed by atoms with van der Waals surface area (Å²) >= 11 is 0. The van der Waals surface area contributed by atoms with E-state index in [0.717, 1.165) is 127 Å². The fraction of sp³-hybridized carbons (Fsp3) is 0. The molecule has 0 saturated heterocycles. The van der Waals surface area contributed by atoms with Gasteiger partial charge in [0.1, 0.15) is 0 Å². The van der Waals surface area contributed by atoms with Crippen LogP contribution in [0.3, 0.4) is 0 Å². The molecular formula is C82H50N8. The van der Waals surface area contributed by atoms with Crippen molar-refractivity contribution in [2.24, 2.45) is 0 Å². The van der Waals surface area contributed by atoms with Gasteiger partial charge in [-0.3, -0.25) is 0 Å². The molecule has 8 nitrogen and oxygen atoms in total. The largest absolute Gasteiger partial charge is 0.309 e. The van der Waals surface area contributed by atoms with E-state index in [1.807, 2.05) is 60.7 Å². The maximum Gasteiger partial charge on any atom is 0.164 e. The number of hydrogen-bond acceptors (Lipinski definition) is 4. The second-order valence-electron chi connectivity index (χ2n) is 23.0. The second kappa shape index (κ2) is 20.3. The number of nitrogens with zero attached hydrogens (tertiary/aromatic N) is 8. The SMILES string of the molecule is N#Cc1ccc(-c2ccc(-n3c4ccccc4c4cc5c6ccccc6n(-c6ccccc6)c5cc43)c(-c3cc(-n4c5ccccc5c5cc6c7ccccc7n(-c7ccccc7)c6cc54)ccc3-c3nc(-c4ccccc4)nc(-c4ccccc4)n3)c2)cc1. The van der Waals surface area contributed by atoms with Gasteiger partial charge in [0.2, 0.25) is 0 Å². The number of aromatic nitrogens is 7. The molecule has 5 aromatic heterocycles. The first-order chi connectivity index (χ1) is 44.6. The first kappa shape index (κ1) is 50.8. The van der Waals surface area contributed by atoms with Crippen molar-refractivity contribution in [2.75, 3.05) is 0 Å². The Morgan fingerprint density at radius 3 is 1.09 bits per heavy atom. The highest BCUT2D eigenvalue weighted by atomic mass is 15.0. The molecule has 0 N–H and O–H groups in total. The average Bonchev–Trinajstić information content (AvgIpc) is 1.59. The molecule has 90 heavy (non-hydrogen) atoms. The summed E-state index contributed by atoms with van der Waals surface area (Å²) in [7, 11) is 0. The highest BCUT2D eigenvalue weighted by Crippen LogP contribution is 2.46. The smallest absolute Gasteiger partial charge is 0.164 e. The lowest BCUT2D eigenvalue weighted by Crippen LogP contribution is -2.04. The van der Waals surface area contributed by atoms with Gasteiger partial charge in [0.15, 0.2) is 17.5 Å². The van der Waals surface area contributed by atoms with Crippen molar-refractivity contribution in [3.05, 3.63) is 309 Å². The van der Waals surface area contributed by atoms with Gasteiger partial charge in [0, 0.05) is 82.4 Å². The van der Waals surface area contributed by atoms with Gasteiger partial charge in [-0.05, 0) is 132 Å². The van der Waals surface area contributed by atoms with Crippen LogP contribution in [-0.2, 0) is 0 Å². The summed E-state index contributed by atoms with van der Waals surface area (Å²) in [5, 5.41) is 19.4. The van der Waals surface area contributed by atoms with E-state index in [1.165, 1.54) is 21.5 Å². The number of hydrogen-bond donors (Lipinski definition) is 0. The zero-order valence-corrected chi connectivity index (χ0v) is 48.4. The summed E-state index contributed by atoms with van der Waals surface area (Å²) in [5.74, 6) is 1.68. The Hall–Kier alpha value is -12.4. The predicted octanol–water partition coefficient (Wildman–Crippen LogP) is 20.5. The maximum atomic E-state index is 10.0. The molecule has 0 saturated carbocycles. The van der Waals surface area contributed by atoms with E-state index in [0.29, 0.717) is 23.0 Å². The highest BCUT2D eigenvalue weighted by Gasteiger charge is 2.26. The minimum atomic E-state index is 0.534. The van der Waals surface area contributed by atoms with Gasteiger partial charge in [-0.25, -0.2) is 15.0 Å². The molecule has 18 rings (SSSR count). The van der Waals surface area contributed by atoms with Gasteiger partial charge in [0.25, 0.3) is 0 Å². The number of benzene rings is 13. The van der Waals surface area contributed by atoms with E-state index in [1.54, 1.807) is 0 Å². The quantitative estimate of drug-likeness (QED) is 0.144. The van der Waals surface area contributed by atoms with Crippen molar-refractivity contribution in [1.29, 1.82) is 5.26 Å². The molecule has 5 heterocycles. The molecule has 418 valence electrons. The van der Waals surface area contributed by atoms with Gasteiger partial charge < -0.3 is 18.3 Å². The van der Waals surface area contributed by atoms with E-state index >= 15 is 0 Å². The van der Waals surface area contributed by atoms with Crippen LogP contribution < -0.4 is 0 Å². The molecule has 0 aliphatic carbocycles. The molecule has 8 heteroatoms. The van der Waals surface area contributed by atoms with Crippen LogP contribution in [-0.4, -0.2) is 33.2 Å². The topological polar surface area (TPSA) is 82.2 Å². The second-order valence-corrected chi connectivity index (χ2v) is 23.0. The third-order valence-electron chi connectivity index (χ3n) is 18.0. The van der Waals surface area contributed by atoms with E-state index in [-0.39, 0.29) is 0 Å². The highest BCUT2D eigenvalue weighted by molar-refractivity contribution is 6.21. The molecule has 0 spiro atoms. The lowest BCUT2D eigenvalue weighted by molar-refractivity contribution is 1.07. The molecule has 0 atom stereocenters. The Morgan fingerprint density at radius 1 is 0.233 bits per heavy atom. The predicted molar refractivity (Wildman–Crippen MR) is 369 cm³/mol. The average molecular weight is 1150 g/mol. The fourth-order valence-electron chi connectivity index (χ4n) is 14.0. The van der Waals surface area contributed by atoms with Crippen LogP contribution in [0, 0.1) is 11.3 Å². The van der Waals surface area contributed by atoms with Crippen LogP contribution >= 0.6 is 0 Å². The molecule has 18 aromatic rings. The minimum Gasteiger partial charge on any atom is -0.309 e. The Kier molecular flexibility index (Phi) is 11.5. The molecule has 13 aromatic carbocycles. The monoisotopic (exact) mass is 1150 g/mol. The molecule has 0 radical (unpaired) electrons. The Balaban J connectivity index is 0.976. The van der Waals surface area contributed by atoms with Crippen molar-refractivity contribution in [1.82, 2.24) is 33.2 Å². The zero-order valence-electron chi connectivity index (χ0n) is 48.4. The van der Waals surface area contributed by atoms with Crippen LogP contribution in [0.1, 0.15) is 5.56 Å². The van der Waals surface area contributed by atoms with E-state index in [4.69, 9.17) is 15.0 Å². The lowest BCUT2D eigenvalue weighted by Gasteiger charge is -2.20. The molecule has 0 aliphatic rings. The summed E-state index contributed by atoms with van der Waals surface area (Å²) in [6.07, 6.45) is 0. The molecular weight excluding hydrogens is 1100 g/mol.